The summed E-state index contributed by atoms with van der Waals surface area (Å²) in [6, 6.07) is 9.17. The molecule has 0 atom stereocenters. The van der Waals surface area contributed by atoms with Crippen LogP contribution in [0.5, 0.6) is 0 Å². The molecule has 0 radical (unpaired) electrons. The molecule has 0 aliphatic carbocycles. The standard InChI is InChI=1S/C13H18N6O.ClH/c14-12(15)17-13(16)19-8-6-18(7-9-19)11(20)10-4-2-1-3-5-10;/h1-5H,6-9H2,(H5,14,15,16,17);1H/p-1. The lowest BCUT2D eigenvalue weighted by atomic mass is 10.2. The van der Waals surface area contributed by atoms with Gasteiger partial charge in [-0.25, -0.2) is 0 Å². The molecule has 1 aliphatic heterocycles. The molecule has 1 saturated heterocycles. The molecule has 0 bridgehead atoms. The van der Waals surface area contributed by atoms with Gasteiger partial charge in [0.05, 0.1) is 0 Å². The topological polar surface area (TPSA) is 112 Å². The lowest BCUT2D eigenvalue weighted by molar-refractivity contribution is -0.0000146. The molecule has 0 saturated carbocycles. The maximum atomic E-state index is 12.2. The van der Waals surface area contributed by atoms with Crippen LogP contribution in [0.25, 0.3) is 0 Å². The van der Waals surface area contributed by atoms with Crippen LogP contribution >= 0.6 is 0 Å². The Hall–Kier alpha value is -2.28. The summed E-state index contributed by atoms with van der Waals surface area (Å²) in [5, 5.41) is 7.73. The van der Waals surface area contributed by atoms with E-state index in [9.17, 15) is 4.79 Å². The summed E-state index contributed by atoms with van der Waals surface area (Å²) in [6.45, 7) is 2.20. The second kappa shape index (κ2) is 7.49. The number of hydrogen-bond donors (Lipinski definition) is 3. The molecule has 1 fully saturated rings. The van der Waals surface area contributed by atoms with Crippen LogP contribution in [0.15, 0.2) is 35.3 Å². The van der Waals surface area contributed by atoms with Crippen LogP contribution in [0.1, 0.15) is 10.4 Å². The summed E-state index contributed by atoms with van der Waals surface area (Å²) in [4.78, 5) is 19.5. The van der Waals surface area contributed by atoms with E-state index < -0.39 is 0 Å². The zero-order valence-electron chi connectivity index (χ0n) is 11.5. The summed E-state index contributed by atoms with van der Waals surface area (Å²) >= 11 is 0. The maximum absolute atomic E-state index is 12.2. The van der Waals surface area contributed by atoms with E-state index >= 15 is 0 Å². The fourth-order valence-corrected chi connectivity index (χ4v) is 2.08. The first kappa shape index (κ1) is 16.8. The molecule has 21 heavy (non-hydrogen) atoms. The summed E-state index contributed by atoms with van der Waals surface area (Å²) in [5.74, 6) is -0.0757. The van der Waals surface area contributed by atoms with Gasteiger partial charge in [0.15, 0.2) is 5.96 Å². The fraction of sp³-hybridized carbons (Fsp3) is 0.308. The van der Waals surface area contributed by atoms with Crippen LogP contribution in [0, 0.1) is 5.41 Å². The normalized spacial score (nSPS) is 14.1. The minimum absolute atomic E-state index is 0. The van der Waals surface area contributed by atoms with Gasteiger partial charge in [0, 0.05) is 31.7 Å². The Morgan fingerprint density at radius 3 is 2.10 bits per heavy atom. The van der Waals surface area contributed by atoms with Gasteiger partial charge in [0.25, 0.3) is 5.91 Å². The minimum Gasteiger partial charge on any atom is -1.00 e. The van der Waals surface area contributed by atoms with Crippen molar-refractivity contribution in [3.8, 4) is 0 Å². The number of halogens is 1. The molecule has 1 aromatic rings. The van der Waals surface area contributed by atoms with Crippen molar-refractivity contribution in [2.24, 2.45) is 16.5 Å². The number of carbonyl (C=O) groups is 1. The third kappa shape index (κ3) is 4.35. The quantitative estimate of drug-likeness (QED) is 0.372. The van der Waals surface area contributed by atoms with Crippen LogP contribution in [0.2, 0.25) is 0 Å². The maximum Gasteiger partial charge on any atom is 0.253 e. The van der Waals surface area contributed by atoms with Crippen LogP contribution in [0.4, 0.5) is 0 Å². The first-order valence-electron chi connectivity index (χ1n) is 6.35. The molecule has 5 N–H and O–H groups in total. The van der Waals surface area contributed by atoms with Crippen LogP contribution in [-0.2, 0) is 0 Å². The Kier molecular flexibility index (Phi) is 5.98. The van der Waals surface area contributed by atoms with E-state index in [-0.39, 0.29) is 30.2 Å². The lowest BCUT2D eigenvalue weighted by Gasteiger charge is -2.34. The van der Waals surface area contributed by atoms with Crippen LogP contribution in [0.3, 0.4) is 0 Å². The molecule has 1 aliphatic rings. The molecule has 0 unspecified atom stereocenters. The number of benzene rings is 1. The summed E-state index contributed by atoms with van der Waals surface area (Å²) < 4.78 is 0. The predicted octanol–water partition coefficient (Wildman–Crippen LogP) is -3.34. The van der Waals surface area contributed by atoms with Crippen molar-refractivity contribution in [2.45, 2.75) is 0 Å². The predicted molar refractivity (Wildman–Crippen MR) is 77.5 cm³/mol. The Morgan fingerprint density at radius 2 is 1.57 bits per heavy atom. The lowest BCUT2D eigenvalue weighted by Crippen LogP contribution is -3.00. The van der Waals surface area contributed by atoms with E-state index in [1.165, 1.54) is 0 Å². The van der Waals surface area contributed by atoms with E-state index in [1.54, 1.807) is 21.9 Å². The van der Waals surface area contributed by atoms with Gasteiger partial charge >= 0.3 is 0 Å². The molecule has 1 aromatic carbocycles. The fourth-order valence-electron chi connectivity index (χ4n) is 2.08. The number of amides is 1. The number of piperazine rings is 1. The number of nitrogens with one attached hydrogen (secondary N) is 1. The van der Waals surface area contributed by atoms with Crippen molar-refractivity contribution in [1.82, 2.24) is 9.80 Å². The third-order valence-corrected chi connectivity index (χ3v) is 3.12. The second-order valence-corrected chi connectivity index (χ2v) is 4.51. The highest BCUT2D eigenvalue weighted by Gasteiger charge is 2.23. The zero-order valence-corrected chi connectivity index (χ0v) is 12.3. The number of carbonyl (C=O) groups excluding carboxylic acids is 1. The zero-order chi connectivity index (χ0) is 14.5. The number of guanidine groups is 2. The second-order valence-electron chi connectivity index (χ2n) is 4.51. The minimum atomic E-state index is -0.127. The first-order valence-corrected chi connectivity index (χ1v) is 6.35. The van der Waals surface area contributed by atoms with E-state index in [1.807, 2.05) is 18.2 Å². The van der Waals surface area contributed by atoms with Crippen molar-refractivity contribution < 1.29 is 17.2 Å². The highest BCUT2D eigenvalue weighted by Crippen LogP contribution is 2.09. The monoisotopic (exact) mass is 309 g/mol. The van der Waals surface area contributed by atoms with Crippen molar-refractivity contribution in [1.29, 1.82) is 5.41 Å². The molecule has 2 rings (SSSR count). The number of rotatable bonds is 1. The molecule has 8 heteroatoms. The van der Waals surface area contributed by atoms with Crippen molar-refractivity contribution in [3.63, 3.8) is 0 Å². The highest BCUT2D eigenvalue weighted by atomic mass is 35.5. The third-order valence-electron chi connectivity index (χ3n) is 3.12. The summed E-state index contributed by atoms with van der Waals surface area (Å²) in [5.41, 5.74) is 11.2. The Labute approximate surface area is 129 Å². The smallest absolute Gasteiger partial charge is 0.253 e. The van der Waals surface area contributed by atoms with E-state index in [2.05, 4.69) is 4.99 Å². The van der Waals surface area contributed by atoms with Gasteiger partial charge in [-0.1, -0.05) is 18.2 Å². The average molecular weight is 310 g/mol. The molecular weight excluding hydrogens is 292 g/mol. The summed E-state index contributed by atoms with van der Waals surface area (Å²) in [7, 11) is 0. The SMILES string of the molecule is N=C(N=C(N)N)N1CCN(C(=O)c2ccccc2)CC1.[Cl-]. The van der Waals surface area contributed by atoms with Gasteiger partial charge in [0.2, 0.25) is 5.96 Å². The van der Waals surface area contributed by atoms with Gasteiger partial charge in [-0.15, -0.1) is 0 Å². The van der Waals surface area contributed by atoms with Gasteiger partial charge < -0.3 is 33.7 Å². The van der Waals surface area contributed by atoms with Crippen LogP contribution in [-0.4, -0.2) is 53.8 Å². The Bertz CT molecular complexity index is 521. The van der Waals surface area contributed by atoms with Crippen molar-refractivity contribution >= 4 is 17.8 Å². The van der Waals surface area contributed by atoms with Gasteiger partial charge in [-0.05, 0) is 12.1 Å². The largest absolute Gasteiger partial charge is 1.00 e. The molecular formula is C13H18ClN6O-. The molecule has 0 aromatic heterocycles. The molecule has 0 spiro atoms. The van der Waals surface area contributed by atoms with Crippen molar-refractivity contribution in [2.75, 3.05) is 26.2 Å². The van der Waals surface area contributed by atoms with Crippen molar-refractivity contribution in [3.05, 3.63) is 35.9 Å². The van der Waals surface area contributed by atoms with E-state index in [0.29, 0.717) is 31.7 Å². The van der Waals surface area contributed by atoms with Gasteiger partial charge in [-0.3, -0.25) is 10.2 Å². The molecule has 114 valence electrons. The highest BCUT2D eigenvalue weighted by molar-refractivity contribution is 5.94. The Balaban J connectivity index is 0.00000220. The van der Waals surface area contributed by atoms with Gasteiger partial charge in [0.1, 0.15) is 0 Å². The summed E-state index contributed by atoms with van der Waals surface area (Å²) in [6.07, 6.45) is 0. The van der Waals surface area contributed by atoms with Crippen LogP contribution < -0.4 is 23.9 Å². The number of nitrogens with two attached hydrogens (primary N) is 2. The van der Waals surface area contributed by atoms with Gasteiger partial charge in [-0.2, -0.15) is 4.99 Å². The number of hydrogen-bond acceptors (Lipinski definition) is 2. The molecule has 1 amide bonds. The average Bonchev–Trinajstić information content (AvgIpc) is 2.47. The first-order chi connectivity index (χ1) is 9.58. The molecule has 7 nitrogen and oxygen atoms in total. The Morgan fingerprint density at radius 1 is 1.05 bits per heavy atom. The van der Waals surface area contributed by atoms with E-state index in [4.69, 9.17) is 16.9 Å². The number of nitrogens with zero attached hydrogens (tertiary/aromatic N) is 3. The number of aliphatic imine (C=N–C) groups is 1. The molecule has 1 heterocycles. The van der Waals surface area contributed by atoms with E-state index in [0.717, 1.165) is 0 Å².